The number of hydrogen-bond acceptors (Lipinski definition) is 3. The Kier molecular flexibility index (Phi) is 4.66. The van der Waals surface area contributed by atoms with Crippen molar-refractivity contribution in [3.63, 3.8) is 0 Å². The molecule has 1 unspecified atom stereocenters. The van der Waals surface area contributed by atoms with Gasteiger partial charge in [0, 0.05) is 18.6 Å². The molecule has 5 heteroatoms. The fraction of sp³-hybridized carbons (Fsp3) is 0.308. The second-order valence-electron chi connectivity index (χ2n) is 4.17. The Hall–Kier alpha value is -0.140. The van der Waals surface area contributed by atoms with Gasteiger partial charge in [0.2, 0.25) is 0 Å². The summed E-state index contributed by atoms with van der Waals surface area (Å²) in [5.74, 6) is 0. The van der Waals surface area contributed by atoms with Crippen LogP contribution in [-0.4, -0.2) is 4.98 Å². The maximum Gasteiger partial charge on any atom is 0.0901 e. The molecule has 0 aliphatic rings. The van der Waals surface area contributed by atoms with E-state index in [0.717, 1.165) is 20.9 Å². The molecule has 1 aromatic heterocycles. The summed E-state index contributed by atoms with van der Waals surface area (Å²) in [6.45, 7) is 6.33. The van der Waals surface area contributed by atoms with Gasteiger partial charge in [0.25, 0.3) is 0 Å². The first-order valence-corrected chi connectivity index (χ1v) is 8.31. The van der Waals surface area contributed by atoms with Crippen molar-refractivity contribution in [1.29, 1.82) is 0 Å². The van der Waals surface area contributed by atoms with Crippen molar-refractivity contribution in [2.24, 2.45) is 0 Å². The number of benzene rings is 1. The number of aryl methyl sites for hydroxylation is 2. The van der Waals surface area contributed by atoms with E-state index in [1.165, 1.54) is 8.45 Å². The van der Waals surface area contributed by atoms with Crippen LogP contribution in [0.1, 0.15) is 28.5 Å². The highest BCUT2D eigenvalue weighted by molar-refractivity contribution is 14.1. The molecule has 0 saturated carbocycles. The van der Waals surface area contributed by atoms with Crippen LogP contribution in [0.3, 0.4) is 0 Å². The zero-order chi connectivity index (χ0) is 13.3. The lowest BCUT2D eigenvalue weighted by molar-refractivity contribution is 0.837. The number of thiazole rings is 1. The molecule has 0 fully saturated rings. The van der Waals surface area contributed by atoms with Crippen LogP contribution in [0.5, 0.6) is 0 Å². The summed E-state index contributed by atoms with van der Waals surface area (Å²) < 4.78 is 2.33. The van der Waals surface area contributed by atoms with E-state index in [2.05, 4.69) is 87.8 Å². The monoisotopic (exact) mass is 436 g/mol. The van der Waals surface area contributed by atoms with E-state index in [4.69, 9.17) is 0 Å². The summed E-state index contributed by atoms with van der Waals surface area (Å²) in [4.78, 5) is 5.88. The molecule has 0 aliphatic carbocycles. The lowest BCUT2D eigenvalue weighted by atomic mass is 10.2. The Morgan fingerprint density at radius 3 is 2.67 bits per heavy atom. The van der Waals surface area contributed by atoms with Crippen molar-refractivity contribution in [3.8, 4) is 0 Å². The second kappa shape index (κ2) is 5.88. The van der Waals surface area contributed by atoms with Crippen LogP contribution >= 0.6 is 49.9 Å². The van der Waals surface area contributed by atoms with Crippen LogP contribution < -0.4 is 5.32 Å². The summed E-state index contributed by atoms with van der Waals surface area (Å²) >= 11 is 7.58. The number of hydrogen-bond donors (Lipinski definition) is 1. The molecule has 0 aliphatic heterocycles. The number of nitrogens with one attached hydrogen (secondary N) is 1. The minimum atomic E-state index is 0.229. The van der Waals surface area contributed by atoms with Gasteiger partial charge in [-0.1, -0.05) is 0 Å². The van der Waals surface area contributed by atoms with Gasteiger partial charge in [0.05, 0.1) is 16.7 Å². The maximum atomic E-state index is 4.59. The van der Waals surface area contributed by atoms with Crippen LogP contribution in [0.15, 0.2) is 22.7 Å². The Balaban J connectivity index is 2.18. The molecule has 2 rings (SSSR count). The van der Waals surface area contributed by atoms with Gasteiger partial charge in [0.1, 0.15) is 0 Å². The van der Waals surface area contributed by atoms with Gasteiger partial charge in [-0.25, -0.2) is 4.98 Å². The van der Waals surface area contributed by atoms with Crippen LogP contribution in [0.2, 0.25) is 0 Å². The predicted octanol–water partition coefficient (Wildman–Crippen LogP) is 5.30. The van der Waals surface area contributed by atoms with E-state index >= 15 is 0 Å². The SMILES string of the molecule is Cc1nc(C(C)Nc2ccc(Br)c(I)c2)c(C)s1. The first-order chi connectivity index (χ1) is 8.47. The van der Waals surface area contributed by atoms with Crippen LogP contribution in [0.4, 0.5) is 5.69 Å². The molecule has 1 heterocycles. The summed E-state index contributed by atoms with van der Waals surface area (Å²) in [6, 6.07) is 6.51. The maximum absolute atomic E-state index is 4.59. The van der Waals surface area contributed by atoms with Crippen LogP contribution in [-0.2, 0) is 0 Å². The zero-order valence-electron chi connectivity index (χ0n) is 10.4. The van der Waals surface area contributed by atoms with E-state index in [0.29, 0.717) is 0 Å². The smallest absolute Gasteiger partial charge is 0.0901 e. The minimum Gasteiger partial charge on any atom is -0.377 e. The molecule has 0 saturated heterocycles. The van der Waals surface area contributed by atoms with E-state index in [1.807, 2.05) is 0 Å². The van der Waals surface area contributed by atoms with Crippen molar-refractivity contribution in [3.05, 3.63) is 41.8 Å². The Morgan fingerprint density at radius 2 is 2.11 bits per heavy atom. The van der Waals surface area contributed by atoms with Crippen LogP contribution in [0.25, 0.3) is 0 Å². The third kappa shape index (κ3) is 3.24. The summed E-state index contributed by atoms with van der Waals surface area (Å²) in [6.07, 6.45) is 0. The van der Waals surface area contributed by atoms with Gasteiger partial charge in [-0.3, -0.25) is 0 Å². The molecule has 96 valence electrons. The summed E-state index contributed by atoms with van der Waals surface area (Å²) in [5.41, 5.74) is 2.27. The summed E-state index contributed by atoms with van der Waals surface area (Å²) in [5, 5.41) is 4.63. The van der Waals surface area contributed by atoms with Crippen molar-refractivity contribution >= 4 is 55.5 Å². The zero-order valence-corrected chi connectivity index (χ0v) is 15.0. The van der Waals surface area contributed by atoms with E-state index < -0.39 is 0 Å². The number of nitrogens with zero attached hydrogens (tertiary/aromatic N) is 1. The van der Waals surface area contributed by atoms with Crippen molar-refractivity contribution < 1.29 is 0 Å². The summed E-state index contributed by atoms with van der Waals surface area (Å²) in [7, 11) is 0. The highest BCUT2D eigenvalue weighted by atomic mass is 127. The van der Waals surface area contributed by atoms with Crippen molar-refractivity contribution in [2.75, 3.05) is 5.32 Å². The average Bonchev–Trinajstić information content (AvgIpc) is 2.63. The molecule has 0 radical (unpaired) electrons. The third-order valence-electron chi connectivity index (χ3n) is 2.65. The molecule has 18 heavy (non-hydrogen) atoms. The molecule has 0 bridgehead atoms. The fourth-order valence-corrected chi connectivity index (χ4v) is 3.53. The first-order valence-electron chi connectivity index (χ1n) is 5.63. The molecular formula is C13H14BrIN2S. The van der Waals surface area contributed by atoms with Crippen molar-refractivity contribution in [2.45, 2.75) is 26.8 Å². The van der Waals surface area contributed by atoms with Gasteiger partial charge in [-0.05, 0) is 77.5 Å². The first kappa shape index (κ1) is 14.3. The highest BCUT2D eigenvalue weighted by Crippen LogP contribution is 2.28. The highest BCUT2D eigenvalue weighted by Gasteiger charge is 2.13. The Bertz CT molecular complexity index is 568. The number of aromatic nitrogens is 1. The molecule has 1 N–H and O–H groups in total. The molecular weight excluding hydrogens is 423 g/mol. The Morgan fingerprint density at radius 1 is 1.39 bits per heavy atom. The van der Waals surface area contributed by atoms with Gasteiger partial charge in [-0.2, -0.15) is 0 Å². The van der Waals surface area contributed by atoms with Gasteiger partial charge in [0.15, 0.2) is 0 Å². The Labute approximate surface area is 133 Å². The molecule has 1 atom stereocenters. The topological polar surface area (TPSA) is 24.9 Å². The number of halogens is 2. The standard InChI is InChI=1S/C13H14BrIN2S/c1-7(13-8(2)18-9(3)17-13)16-10-4-5-11(14)12(15)6-10/h4-7,16H,1-3H3. The molecule has 2 nitrogen and oxygen atoms in total. The predicted molar refractivity (Wildman–Crippen MR) is 90.5 cm³/mol. The largest absolute Gasteiger partial charge is 0.377 e. The number of anilines is 1. The van der Waals surface area contributed by atoms with E-state index in [9.17, 15) is 0 Å². The molecule has 2 aromatic rings. The fourth-order valence-electron chi connectivity index (χ4n) is 1.85. The lowest BCUT2D eigenvalue weighted by Crippen LogP contribution is -2.08. The van der Waals surface area contributed by atoms with Gasteiger partial charge in [-0.15, -0.1) is 11.3 Å². The molecule has 0 spiro atoms. The quantitative estimate of drug-likeness (QED) is 0.660. The lowest BCUT2D eigenvalue weighted by Gasteiger charge is -2.14. The van der Waals surface area contributed by atoms with Gasteiger partial charge >= 0.3 is 0 Å². The van der Waals surface area contributed by atoms with Crippen molar-refractivity contribution in [1.82, 2.24) is 4.98 Å². The van der Waals surface area contributed by atoms with E-state index in [1.54, 1.807) is 11.3 Å². The molecule has 1 aromatic carbocycles. The minimum absolute atomic E-state index is 0.229. The second-order valence-corrected chi connectivity index (χ2v) is 7.59. The van der Waals surface area contributed by atoms with E-state index in [-0.39, 0.29) is 6.04 Å². The normalized spacial score (nSPS) is 12.5. The molecule has 0 amide bonds. The number of rotatable bonds is 3. The van der Waals surface area contributed by atoms with Crippen LogP contribution in [0, 0.1) is 17.4 Å². The average molecular weight is 437 g/mol. The third-order valence-corrected chi connectivity index (χ3v) is 5.88. The van der Waals surface area contributed by atoms with Gasteiger partial charge < -0.3 is 5.32 Å².